The van der Waals surface area contributed by atoms with Crippen LogP contribution in [0.5, 0.6) is 0 Å². The molecule has 26 heavy (non-hydrogen) atoms. The Bertz CT molecular complexity index is 961. The van der Waals surface area contributed by atoms with Gasteiger partial charge in [-0.1, -0.05) is 18.2 Å². The van der Waals surface area contributed by atoms with Crippen LogP contribution in [0, 0.1) is 6.92 Å². The lowest BCUT2D eigenvalue weighted by atomic mass is 10.1. The molecule has 3 aromatic rings. The van der Waals surface area contributed by atoms with Gasteiger partial charge in [0.1, 0.15) is 0 Å². The molecule has 7 nitrogen and oxygen atoms in total. The van der Waals surface area contributed by atoms with Crippen LogP contribution in [-0.2, 0) is 4.79 Å². The largest absolute Gasteiger partial charge is 0.343 e. The molecule has 0 saturated carbocycles. The van der Waals surface area contributed by atoms with Gasteiger partial charge in [0.25, 0.3) is 5.91 Å². The highest BCUT2D eigenvalue weighted by Crippen LogP contribution is 2.18. The Kier molecular flexibility index (Phi) is 4.97. The first-order valence-corrected chi connectivity index (χ1v) is 8.42. The van der Waals surface area contributed by atoms with Crippen LogP contribution in [0.25, 0.3) is 11.0 Å². The molecule has 3 rings (SSSR count). The van der Waals surface area contributed by atoms with E-state index in [2.05, 4.69) is 20.7 Å². The summed E-state index contributed by atoms with van der Waals surface area (Å²) in [6.07, 6.45) is 3.31. The molecule has 0 bridgehead atoms. The quantitative estimate of drug-likeness (QED) is 0.740. The lowest BCUT2D eigenvalue weighted by Crippen LogP contribution is -2.33. The molecule has 0 saturated heterocycles. The van der Waals surface area contributed by atoms with Crippen molar-refractivity contribution in [3.8, 4) is 0 Å². The molecular weight excluding hydrogens is 330 g/mol. The van der Waals surface area contributed by atoms with E-state index in [1.54, 1.807) is 24.5 Å². The fraction of sp³-hybridized carbons (Fsp3) is 0.263. The van der Waals surface area contributed by atoms with Gasteiger partial charge in [-0.25, -0.2) is 9.67 Å². The number of hydrogen-bond donors (Lipinski definition) is 2. The molecule has 2 heterocycles. The van der Waals surface area contributed by atoms with Gasteiger partial charge in [-0.3, -0.25) is 9.59 Å². The van der Waals surface area contributed by atoms with Crippen molar-refractivity contribution in [1.82, 2.24) is 20.1 Å². The summed E-state index contributed by atoms with van der Waals surface area (Å²) in [5.74, 6) is -0.589. The maximum Gasteiger partial charge on any atom is 0.251 e. The molecule has 0 aliphatic heterocycles. The van der Waals surface area contributed by atoms with Gasteiger partial charge < -0.3 is 10.6 Å². The van der Waals surface area contributed by atoms with Crippen LogP contribution in [0.15, 0.2) is 42.7 Å². The van der Waals surface area contributed by atoms with Gasteiger partial charge in [0.2, 0.25) is 5.91 Å². The minimum Gasteiger partial charge on any atom is -0.343 e. The zero-order valence-electron chi connectivity index (χ0n) is 15.0. The second-order valence-electron chi connectivity index (χ2n) is 6.37. The first kappa shape index (κ1) is 17.6. The molecule has 7 heteroatoms. The van der Waals surface area contributed by atoms with E-state index in [4.69, 9.17) is 0 Å². The van der Waals surface area contributed by atoms with Gasteiger partial charge in [-0.15, -0.1) is 0 Å². The van der Waals surface area contributed by atoms with E-state index < -0.39 is 0 Å². The predicted molar refractivity (Wildman–Crippen MR) is 100 cm³/mol. The maximum absolute atomic E-state index is 12.1. The number of aromatic nitrogens is 3. The zero-order chi connectivity index (χ0) is 18.7. The summed E-state index contributed by atoms with van der Waals surface area (Å²) >= 11 is 0. The molecule has 2 N–H and O–H groups in total. The van der Waals surface area contributed by atoms with E-state index in [1.807, 2.05) is 43.7 Å². The first-order valence-electron chi connectivity index (χ1n) is 8.42. The van der Waals surface area contributed by atoms with E-state index in [-0.39, 0.29) is 24.4 Å². The fourth-order valence-electron chi connectivity index (χ4n) is 2.67. The molecule has 1 aromatic carbocycles. The van der Waals surface area contributed by atoms with Crippen LogP contribution in [-0.4, -0.2) is 33.1 Å². The van der Waals surface area contributed by atoms with Crippen LogP contribution >= 0.6 is 0 Å². The Morgan fingerprint density at radius 3 is 2.69 bits per heavy atom. The Labute approximate surface area is 151 Å². The number of rotatable bonds is 5. The number of hydrogen-bond acceptors (Lipinski definition) is 4. The SMILES string of the molecule is Cc1ccccc1C(=O)NCC(=O)Nc1cnc2c(cnn2C(C)C)c1. The molecule has 0 unspecified atom stereocenters. The molecule has 0 aliphatic rings. The number of nitrogens with one attached hydrogen (secondary N) is 2. The van der Waals surface area contributed by atoms with E-state index in [0.29, 0.717) is 11.3 Å². The van der Waals surface area contributed by atoms with Crippen molar-refractivity contribution in [3.63, 3.8) is 0 Å². The van der Waals surface area contributed by atoms with Gasteiger partial charge in [-0.05, 0) is 38.5 Å². The first-order chi connectivity index (χ1) is 12.5. The molecule has 134 valence electrons. The second-order valence-corrected chi connectivity index (χ2v) is 6.37. The minimum atomic E-state index is -0.315. The van der Waals surface area contributed by atoms with Crippen molar-refractivity contribution in [2.45, 2.75) is 26.8 Å². The monoisotopic (exact) mass is 351 g/mol. The molecule has 0 fully saturated rings. The molecular formula is C19H21N5O2. The average Bonchev–Trinajstić information content (AvgIpc) is 3.03. The number of carbonyl (C=O) groups is 2. The lowest BCUT2D eigenvalue weighted by Gasteiger charge is -2.09. The smallest absolute Gasteiger partial charge is 0.251 e. The predicted octanol–water partition coefficient (Wildman–Crippen LogP) is 2.69. The van der Waals surface area contributed by atoms with Crippen LogP contribution in [0.4, 0.5) is 5.69 Å². The van der Waals surface area contributed by atoms with Crippen molar-refractivity contribution >= 4 is 28.5 Å². The third-order valence-corrected chi connectivity index (χ3v) is 4.01. The maximum atomic E-state index is 12.1. The van der Waals surface area contributed by atoms with E-state index in [1.165, 1.54) is 0 Å². The van der Waals surface area contributed by atoms with Crippen molar-refractivity contribution in [2.75, 3.05) is 11.9 Å². The summed E-state index contributed by atoms with van der Waals surface area (Å²) in [5.41, 5.74) is 2.76. The molecule has 0 aliphatic carbocycles. The van der Waals surface area contributed by atoms with Gasteiger partial charge >= 0.3 is 0 Å². The Morgan fingerprint density at radius 1 is 1.19 bits per heavy atom. The minimum absolute atomic E-state index is 0.115. The third kappa shape index (κ3) is 3.72. The highest BCUT2D eigenvalue weighted by atomic mass is 16.2. The van der Waals surface area contributed by atoms with Crippen LogP contribution in [0.3, 0.4) is 0 Å². The van der Waals surface area contributed by atoms with Crippen molar-refractivity contribution in [1.29, 1.82) is 0 Å². The van der Waals surface area contributed by atoms with E-state index in [9.17, 15) is 9.59 Å². The number of pyridine rings is 1. The normalized spacial score (nSPS) is 10.9. The number of nitrogens with zero attached hydrogens (tertiary/aromatic N) is 3. The standard InChI is InChI=1S/C19H21N5O2/c1-12(2)24-18-14(9-22-24)8-15(10-20-18)23-17(25)11-21-19(26)16-7-5-4-6-13(16)3/h4-10,12H,11H2,1-3H3,(H,21,26)(H,23,25). The number of fused-ring (bicyclic) bond motifs is 1. The highest BCUT2D eigenvalue weighted by Gasteiger charge is 2.12. The summed E-state index contributed by atoms with van der Waals surface area (Å²) in [4.78, 5) is 28.6. The summed E-state index contributed by atoms with van der Waals surface area (Å²) in [7, 11) is 0. The number of anilines is 1. The van der Waals surface area contributed by atoms with Crippen LogP contribution in [0.1, 0.15) is 35.8 Å². The highest BCUT2D eigenvalue weighted by molar-refractivity contribution is 6.00. The topological polar surface area (TPSA) is 88.9 Å². The molecule has 0 atom stereocenters. The Morgan fingerprint density at radius 2 is 1.96 bits per heavy atom. The van der Waals surface area contributed by atoms with E-state index in [0.717, 1.165) is 16.6 Å². The van der Waals surface area contributed by atoms with Gasteiger partial charge in [-0.2, -0.15) is 5.10 Å². The van der Waals surface area contributed by atoms with Gasteiger partial charge in [0.05, 0.1) is 24.6 Å². The van der Waals surface area contributed by atoms with Crippen molar-refractivity contribution in [3.05, 3.63) is 53.9 Å². The molecule has 0 spiro atoms. The number of carbonyl (C=O) groups excluding carboxylic acids is 2. The van der Waals surface area contributed by atoms with Crippen LogP contribution < -0.4 is 10.6 Å². The third-order valence-electron chi connectivity index (χ3n) is 4.01. The average molecular weight is 351 g/mol. The van der Waals surface area contributed by atoms with Crippen LogP contribution in [0.2, 0.25) is 0 Å². The van der Waals surface area contributed by atoms with E-state index >= 15 is 0 Å². The van der Waals surface area contributed by atoms with Gasteiger partial charge in [0.15, 0.2) is 5.65 Å². The fourth-order valence-corrected chi connectivity index (χ4v) is 2.67. The molecule has 2 amide bonds. The van der Waals surface area contributed by atoms with Crippen molar-refractivity contribution in [2.24, 2.45) is 0 Å². The second kappa shape index (κ2) is 7.35. The summed E-state index contributed by atoms with van der Waals surface area (Å²) in [6, 6.07) is 9.26. The number of aryl methyl sites for hydroxylation is 1. The Balaban J connectivity index is 1.62. The molecule has 0 radical (unpaired) electrons. The number of benzene rings is 1. The molecule has 2 aromatic heterocycles. The lowest BCUT2D eigenvalue weighted by molar-refractivity contribution is -0.115. The summed E-state index contributed by atoms with van der Waals surface area (Å²) < 4.78 is 1.82. The summed E-state index contributed by atoms with van der Waals surface area (Å²) in [6.45, 7) is 5.80. The summed E-state index contributed by atoms with van der Waals surface area (Å²) in [5, 5.41) is 10.5. The van der Waals surface area contributed by atoms with Crippen molar-refractivity contribution < 1.29 is 9.59 Å². The van der Waals surface area contributed by atoms with Gasteiger partial charge in [0, 0.05) is 17.0 Å². The zero-order valence-corrected chi connectivity index (χ0v) is 15.0. The Hall–Kier alpha value is -3.22. The number of amides is 2.